The Balaban J connectivity index is 2.56. The van der Waals surface area contributed by atoms with E-state index in [-0.39, 0.29) is 0 Å². The lowest BCUT2D eigenvalue weighted by atomic mass is 10.1. The number of unbranched alkanes of at least 4 members (excludes halogenated alkanes) is 2. The van der Waals surface area contributed by atoms with E-state index in [1.54, 1.807) is 0 Å². The van der Waals surface area contributed by atoms with Crippen LogP contribution in [0.2, 0.25) is 13.1 Å². The summed E-state index contributed by atoms with van der Waals surface area (Å²) < 4.78 is 12.2. The van der Waals surface area contributed by atoms with Crippen molar-refractivity contribution in [1.29, 1.82) is 0 Å². The molecule has 0 aliphatic rings. The Bertz CT molecular complexity index is 364. The minimum atomic E-state index is -2.05. The van der Waals surface area contributed by atoms with Gasteiger partial charge in [-0.15, -0.1) is 0 Å². The van der Waals surface area contributed by atoms with Gasteiger partial charge in [0.2, 0.25) is 0 Å². The number of hydrogen-bond donors (Lipinski definition) is 0. The summed E-state index contributed by atoms with van der Waals surface area (Å²) in [5.74, 6) is 1.01. The quantitative estimate of drug-likeness (QED) is 0.472. The first-order valence-electron chi connectivity index (χ1n) is 7.50. The molecule has 0 radical (unpaired) electrons. The van der Waals surface area contributed by atoms with Gasteiger partial charge in [-0.3, -0.25) is 0 Å². The average Bonchev–Trinajstić information content (AvgIpc) is 2.37. The van der Waals surface area contributed by atoms with Gasteiger partial charge in [-0.1, -0.05) is 51.3 Å². The fourth-order valence-corrected chi connectivity index (χ4v) is 3.47. The molecule has 0 atom stereocenters. The van der Waals surface area contributed by atoms with Crippen LogP contribution >= 0.6 is 0 Å². The predicted molar refractivity (Wildman–Crippen MR) is 84.0 cm³/mol. The zero-order chi connectivity index (χ0) is 14.1. The van der Waals surface area contributed by atoms with E-state index in [1.165, 1.54) is 18.4 Å². The lowest BCUT2D eigenvalue weighted by Gasteiger charge is -2.25. The Morgan fingerprint density at radius 3 is 2.42 bits per heavy atom. The minimum absolute atomic E-state index is 0.822. The Labute approximate surface area is 119 Å². The molecular weight excluding hydrogens is 252 g/mol. The molecule has 2 nitrogen and oxygen atoms in total. The fraction of sp³-hybridized carbons (Fsp3) is 0.625. The van der Waals surface area contributed by atoms with Gasteiger partial charge >= 0.3 is 8.56 Å². The summed E-state index contributed by atoms with van der Waals surface area (Å²) >= 11 is 0. The van der Waals surface area contributed by atoms with Crippen LogP contribution in [-0.2, 0) is 10.8 Å². The molecule has 1 aromatic rings. The van der Waals surface area contributed by atoms with Crippen LogP contribution in [0.15, 0.2) is 24.3 Å². The third kappa shape index (κ3) is 6.26. The normalized spacial score (nSPS) is 11.6. The van der Waals surface area contributed by atoms with Crippen molar-refractivity contribution in [2.24, 2.45) is 0 Å². The number of aryl methyl sites for hydroxylation is 1. The average molecular weight is 280 g/mol. The largest absolute Gasteiger partial charge is 0.520 e. The molecule has 0 bridgehead atoms. The molecular formula is C16H28O2Si. The number of hydrogen-bond acceptors (Lipinski definition) is 2. The Hall–Kier alpha value is -0.803. The van der Waals surface area contributed by atoms with E-state index >= 15 is 0 Å². The summed E-state index contributed by atoms with van der Waals surface area (Å²) in [4.78, 5) is 0. The van der Waals surface area contributed by atoms with E-state index in [0.717, 1.165) is 31.6 Å². The van der Waals surface area contributed by atoms with Crippen LogP contribution in [-0.4, -0.2) is 15.2 Å². The maximum absolute atomic E-state index is 6.18. The second kappa shape index (κ2) is 8.38. The first-order valence-corrected chi connectivity index (χ1v) is 10.3. The molecule has 0 aliphatic carbocycles. The van der Waals surface area contributed by atoms with Crippen molar-refractivity contribution in [2.75, 3.05) is 6.61 Å². The van der Waals surface area contributed by atoms with Gasteiger partial charge in [0.15, 0.2) is 0 Å². The minimum Gasteiger partial charge on any atom is -0.520 e. The van der Waals surface area contributed by atoms with Gasteiger partial charge in [-0.2, -0.15) is 0 Å². The second-order valence-electron chi connectivity index (χ2n) is 5.42. The molecule has 1 aromatic carbocycles. The van der Waals surface area contributed by atoms with E-state index in [1.807, 2.05) is 6.07 Å². The van der Waals surface area contributed by atoms with Crippen molar-refractivity contribution >= 4 is 8.56 Å². The van der Waals surface area contributed by atoms with Crippen LogP contribution in [0, 0.1) is 0 Å². The van der Waals surface area contributed by atoms with Crippen molar-refractivity contribution in [3.05, 3.63) is 29.8 Å². The van der Waals surface area contributed by atoms with Gasteiger partial charge < -0.3 is 8.85 Å². The zero-order valence-electron chi connectivity index (χ0n) is 12.9. The Morgan fingerprint density at radius 1 is 1.00 bits per heavy atom. The zero-order valence-corrected chi connectivity index (χ0v) is 13.9. The molecule has 0 amide bonds. The number of benzene rings is 1. The van der Waals surface area contributed by atoms with Crippen molar-refractivity contribution in [1.82, 2.24) is 0 Å². The molecule has 1 rings (SSSR count). The van der Waals surface area contributed by atoms with Crippen molar-refractivity contribution < 1.29 is 8.85 Å². The molecule has 0 aliphatic heterocycles. The van der Waals surface area contributed by atoms with Crippen LogP contribution in [0.1, 0.15) is 45.1 Å². The molecule has 0 saturated heterocycles. The third-order valence-electron chi connectivity index (χ3n) is 3.05. The highest BCUT2D eigenvalue weighted by molar-refractivity contribution is 6.65. The van der Waals surface area contributed by atoms with Crippen LogP contribution in [0.5, 0.6) is 5.75 Å². The molecule has 0 unspecified atom stereocenters. The summed E-state index contributed by atoms with van der Waals surface area (Å²) in [5.41, 5.74) is 1.29. The monoisotopic (exact) mass is 280 g/mol. The molecule has 19 heavy (non-hydrogen) atoms. The Morgan fingerprint density at radius 2 is 1.74 bits per heavy atom. The van der Waals surface area contributed by atoms with Crippen molar-refractivity contribution in [3.8, 4) is 5.75 Å². The molecule has 0 saturated carbocycles. The number of rotatable bonds is 9. The van der Waals surface area contributed by atoms with E-state index in [9.17, 15) is 0 Å². The standard InChI is InChI=1S/C16H28O2Si/c1-5-7-10-14-17-19(3,4)18-16-13-9-8-12-15(16)11-6-2/h8-9,12-13H,5-7,10-11,14H2,1-4H3. The number of para-hydroxylation sites is 1. The van der Waals surface area contributed by atoms with E-state index in [0.29, 0.717) is 0 Å². The van der Waals surface area contributed by atoms with Crippen LogP contribution in [0.4, 0.5) is 0 Å². The van der Waals surface area contributed by atoms with E-state index in [2.05, 4.69) is 45.1 Å². The van der Waals surface area contributed by atoms with E-state index < -0.39 is 8.56 Å². The van der Waals surface area contributed by atoms with Gasteiger partial charge in [0.25, 0.3) is 0 Å². The van der Waals surface area contributed by atoms with Crippen LogP contribution in [0.25, 0.3) is 0 Å². The van der Waals surface area contributed by atoms with Gasteiger partial charge in [-0.25, -0.2) is 0 Å². The molecule has 0 spiro atoms. The maximum atomic E-state index is 6.18. The third-order valence-corrected chi connectivity index (χ3v) is 4.66. The summed E-state index contributed by atoms with van der Waals surface area (Å²) in [7, 11) is -2.05. The molecule has 0 N–H and O–H groups in total. The van der Waals surface area contributed by atoms with Gasteiger partial charge in [0.1, 0.15) is 5.75 Å². The topological polar surface area (TPSA) is 18.5 Å². The molecule has 0 fully saturated rings. The van der Waals surface area contributed by atoms with E-state index in [4.69, 9.17) is 8.85 Å². The highest BCUT2D eigenvalue weighted by Crippen LogP contribution is 2.23. The fourth-order valence-electron chi connectivity index (χ4n) is 2.04. The van der Waals surface area contributed by atoms with Gasteiger partial charge in [0.05, 0.1) is 0 Å². The second-order valence-corrected chi connectivity index (χ2v) is 8.71. The van der Waals surface area contributed by atoms with Crippen molar-refractivity contribution in [3.63, 3.8) is 0 Å². The predicted octanol–water partition coefficient (Wildman–Crippen LogP) is 4.93. The lowest BCUT2D eigenvalue weighted by molar-refractivity contribution is 0.241. The maximum Gasteiger partial charge on any atom is 0.392 e. The highest BCUT2D eigenvalue weighted by atomic mass is 28.4. The van der Waals surface area contributed by atoms with Crippen molar-refractivity contribution in [2.45, 2.75) is 59.0 Å². The summed E-state index contributed by atoms with van der Waals surface area (Å²) in [5, 5.41) is 0. The highest BCUT2D eigenvalue weighted by Gasteiger charge is 2.27. The van der Waals surface area contributed by atoms with Crippen LogP contribution in [0.3, 0.4) is 0 Å². The Kier molecular flexibility index (Phi) is 7.17. The smallest absolute Gasteiger partial charge is 0.392 e. The SMILES string of the molecule is CCCCCO[Si](C)(C)Oc1ccccc1CCC. The molecule has 0 aromatic heterocycles. The van der Waals surface area contributed by atoms with Gasteiger partial charge in [0, 0.05) is 6.61 Å². The summed E-state index contributed by atoms with van der Waals surface area (Å²) in [6.45, 7) is 9.48. The van der Waals surface area contributed by atoms with Crippen LogP contribution < -0.4 is 4.43 Å². The van der Waals surface area contributed by atoms with Gasteiger partial charge in [-0.05, 0) is 37.6 Å². The lowest BCUT2D eigenvalue weighted by Crippen LogP contribution is -2.39. The summed E-state index contributed by atoms with van der Waals surface area (Å²) in [6.07, 6.45) is 5.80. The first kappa shape index (κ1) is 16.3. The first-order chi connectivity index (χ1) is 9.09. The summed E-state index contributed by atoms with van der Waals surface area (Å²) in [6, 6.07) is 8.33. The molecule has 0 heterocycles. The molecule has 3 heteroatoms. The molecule has 108 valence electrons.